The van der Waals surface area contributed by atoms with Crippen LogP contribution in [0.15, 0.2) is 22.6 Å². The van der Waals surface area contributed by atoms with Gasteiger partial charge >= 0.3 is 0 Å². The number of amides is 1. The largest absolute Gasteiger partial charge is 0.867 e. The van der Waals surface area contributed by atoms with Gasteiger partial charge in [-0.15, -0.1) is 11.3 Å². The Morgan fingerprint density at radius 2 is 2.27 bits per heavy atom. The molecule has 1 aromatic heterocycles. The number of hydrogen-bond acceptors (Lipinski definition) is 8. The van der Waals surface area contributed by atoms with Gasteiger partial charge in [-0.3, -0.25) is 14.9 Å². The highest BCUT2D eigenvalue weighted by Crippen LogP contribution is 2.29. The van der Waals surface area contributed by atoms with Gasteiger partial charge in [0.1, 0.15) is 5.69 Å². The first-order chi connectivity index (χ1) is 10.4. The van der Waals surface area contributed by atoms with E-state index in [4.69, 9.17) is 17.3 Å². The Morgan fingerprint density at radius 1 is 1.55 bits per heavy atom. The van der Waals surface area contributed by atoms with Crippen LogP contribution >= 0.6 is 22.9 Å². The van der Waals surface area contributed by atoms with Crippen molar-refractivity contribution in [2.45, 2.75) is 0 Å². The minimum Gasteiger partial charge on any atom is -0.867 e. The molecular formula is C11H7ClN5O4S-. The number of rotatable bonds is 4. The number of benzene rings is 1. The Kier molecular flexibility index (Phi) is 4.53. The summed E-state index contributed by atoms with van der Waals surface area (Å²) in [5.41, 5.74) is 6.78. The van der Waals surface area contributed by atoms with Gasteiger partial charge < -0.3 is 10.8 Å². The molecule has 0 spiro atoms. The highest BCUT2D eigenvalue weighted by atomic mass is 35.5. The van der Waals surface area contributed by atoms with E-state index in [1.807, 2.05) is 0 Å². The van der Waals surface area contributed by atoms with E-state index in [0.29, 0.717) is 0 Å². The zero-order chi connectivity index (χ0) is 16.3. The molecule has 0 aliphatic rings. The molecule has 9 nitrogen and oxygen atoms in total. The van der Waals surface area contributed by atoms with Crippen LogP contribution in [-0.4, -0.2) is 22.0 Å². The smallest absolute Gasteiger partial charge is 0.290 e. The van der Waals surface area contributed by atoms with E-state index in [9.17, 15) is 20.0 Å². The van der Waals surface area contributed by atoms with Crippen LogP contribution in [0.25, 0.3) is 0 Å². The lowest BCUT2D eigenvalue weighted by Crippen LogP contribution is -2.18. The molecule has 22 heavy (non-hydrogen) atoms. The second-order valence-corrected chi connectivity index (χ2v) is 5.20. The third-order valence-electron chi connectivity index (χ3n) is 2.38. The van der Waals surface area contributed by atoms with E-state index < -0.39 is 22.3 Å². The van der Waals surface area contributed by atoms with Gasteiger partial charge in [-0.1, -0.05) is 11.6 Å². The summed E-state index contributed by atoms with van der Waals surface area (Å²) in [5, 5.41) is 27.7. The number of aromatic nitrogens is 1. The number of carbonyl (C=O) groups excluding carboxylic acids is 1. The molecule has 11 heteroatoms. The molecule has 0 saturated heterocycles. The lowest BCUT2D eigenvalue weighted by Gasteiger charge is -2.10. The van der Waals surface area contributed by atoms with Gasteiger partial charge in [0.05, 0.1) is 11.1 Å². The van der Waals surface area contributed by atoms with Crippen molar-refractivity contribution in [2.75, 3.05) is 5.73 Å². The zero-order valence-electron chi connectivity index (χ0n) is 10.6. The number of nitrogens with two attached hydrogens (primary N) is 1. The summed E-state index contributed by atoms with van der Waals surface area (Å²) in [5.74, 6) is -1.49. The molecule has 0 atom stereocenters. The van der Waals surface area contributed by atoms with Crippen molar-refractivity contribution in [1.82, 2.24) is 10.4 Å². The number of hydrazone groups is 1. The van der Waals surface area contributed by atoms with E-state index in [-0.39, 0.29) is 21.4 Å². The van der Waals surface area contributed by atoms with Crippen molar-refractivity contribution in [3.8, 4) is 5.75 Å². The molecule has 3 N–H and O–H groups in total. The monoisotopic (exact) mass is 340 g/mol. The van der Waals surface area contributed by atoms with Crippen LogP contribution in [-0.2, 0) is 0 Å². The number of anilines is 1. The Balaban J connectivity index is 2.17. The predicted octanol–water partition coefficient (Wildman–Crippen LogP) is 1.12. The summed E-state index contributed by atoms with van der Waals surface area (Å²) >= 11 is 6.77. The SMILES string of the molecule is Nc1nc(C(=O)N/N=C\c2cc(Cl)cc([N+](=O)[O-])c2[O-])cs1. The lowest BCUT2D eigenvalue weighted by molar-refractivity contribution is -0.398. The Hall–Kier alpha value is -2.72. The molecule has 0 aliphatic heterocycles. The van der Waals surface area contributed by atoms with Crippen LogP contribution in [0.5, 0.6) is 5.75 Å². The average molecular weight is 341 g/mol. The van der Waals surface area contributed by atoms with Gasteiger partial charge in [0.15, 0.2) is 5.13 Å². The molecule has 114 valence electrons. The molecule has 0 bridgehead atoms. The summed E-state index contributed by atoms with van der Waals surface area (Å²) in [6, 6.07) is 2.14. The van der Waals surface area contributed by atoms with Crippen LogP contribution in [0, 0.1) is 10.1 Å². The number of thiazole rings is 1. The Bertz CT molecular complexity index is 776. The topological polar surface area (TPSA) is 147 Å². The van der Waals surface area contributed by atoms with Crippen molar-refractivity contribution in [3.63, 3.8) is 0 Å². The van der Waals surface area contributed by atoms with Crippen molar-refractivity contribution in [2.24, 2.45) is 5.10 Å². The molecule has 2 rings (SSSR count). The number of nitro groups is 1. The second kappa shape index (κ2) is 6.37. The van der Waals surface area contributed by atoms with E-state index in [0.717, 1.165) is 23.6 Å². The molecule has 1 aromatic carbocycles. The average Bonchev–Trinajstić information content (AvgIpc) is 2.88. The molecule has 2 aromatic rings. The normalized spacial score (nSPS) is 10.8. The van der Waals surface area contributed by atoms with Crippen molar-refractivity contribution in [1.29, 1.82) is 0 Å². The highest BCUT2D eigenvalue weighted by molar-refractivity contribution is 7.13. The summed E-state index contributed by atoms with van der Waals surface area (Å²) < 4.78 is 0. The summed E-state index contributed by atoms with van der Waals surface area (Å²) in [7, 11) is 0. The number of halogens is 1. The number of nitrogens with zero attached hydrogens (tertiary/aromatic N) is 3. The van der Waals surface area contributed by atoms with E-state index in [1.165, 1.54) is 11.4 Å². The Labute approximate surface area is 132 Å². The van der Waals surface area contributed by atoms with Gasteiger partial charge in [0, 0.05) is 16.5 Å². The maximum absolute atomic E-state index is 11.8. The minimum absolute atomic E-state index is 0.00588. The van der Waals surface area contributed by atoms with Gasteiger partial charge in [-0.2, -0.15) is 5.10 Å². The maximum atomic E-state index is 11.8. The lowest BCUT2D eigenvalue weighted by atomic mass is 10.2. The fourth-order valence-electron chi connectivity index (χ4n) is 1.44. The van der Waals surface area contributed by atoms with Crippen LogP contribution in [0.3, 0.4) is 0 Å². The van der Waals surface area contributed by atoms with Crippen LogP contribution < -0.4 is 16.3 Å². The van der Waals surface area contributed by atoms with Crippen molar-refractivity contribution in [3.05, 3.63) is 43.9 Å². The van der Waals surface area contributed by atoms with Crippen LogP contribution in [0.1, 0.15) is 16.1 Å². The fraction of sp³-hybridized carbons (Fsp3) is 0. The Morgan fingerprint density at radius 3 is 2.86 bits per heavy atom. The molecule has 0 aliphatic carbocycles. The number of nitrogen functional groups attached to an aromatic ring is 1. The van der Waals surface area contributed by atoms with Crippen LogP contribution in [0.2, 0.25) is 5.02 Å². The van der Waals surface area contributed by atoms with E-state index in [2.05, 4.69) is 15.5 Å². The number of hydrogen-bond donors (Lipinski definition) is 2. The zero-order valence-corrected chi connectivity index (χ0v) is 12.2. The molecule has 1 heterocycles. The molecule has 0 radical (unpaired) electrons. The van der Waals surface area contributed by atoms with Crippen molar-refractivity contribution < 1.29 is 14.8 Å². The summed E-state index contributed by atoms with van der Waals surface area (Å²) in [6.45, 7) is 0. The number of carbonyl (C=O) groups is 1. The van der Waals surface area contributed by atoms with E-state index >= 15 is 0 Å². The van der Waals surface area contributed by atoms with Gasteiger partial charge in [0.25, 0.3) is 11.6 Å². The first kappa shape index (κ1) is 15.7. The predicted molar refractivity (Wildman–Crippen MR) is 79.1 cm³/mol. The molecular weight excluding hydrogens is 334 g/mol. The third kappa shape index (κ3) is 3.48. The van der Waals surface area contributed by atoms with Gasteiger partial charge in [-0.25, -0.2) is 10.4 Å². The van der Waals surface area contributed by atoms with Gasteiger partial charge in [0.2, 0.25) is 0 Å². The molecule has 0 saturated carbocycles. The highest BCUT2D eigenvalue weighted by Gasteiger charge is 2.12. The first-order valence-corrected chi connectivity index (χ1v) is 6.83. The van der Waals surface area contributed by atoms with Crippen molar-refractivity contribution >= 4 is 45.9 Å². The number of nitrogens with one attached hydrogen (secondary N) is 1. The van der Waals surface area contributed by atoms with E-state index in [1.54, 1.807) is 0 Å². The molecule has 1 amide bonds. The minimum atomic E-state index is -0.856. The standard InChI is InChI=1S/C11H8ClN5O4S/c12-6-1-5(9(18)8(2-6)17(20)21)3-14-16-10(19)7-4-22-11(13)15-7/h1-4,18H,(H2,13,15)(H,16,19)/p-1/b14-3-. The number of nitro benzene ring substituents is 1. The quantitative estimate of drug-likeness (QED) is 0.484. The molecule has 0 fully saturated rings. The maximum Gasteiger partial charge on any atom is 0.290 e. The molecule has 0 unspecified atom stereocenters. The first-order valence-electron chi connectivity index (χ1n) is 5.58. The second-order valence-electron chi connectivity index (χ2n) is 3.87. The third-order valence-corrected chi connectivity index (χ3v) is 3.28. The summed E-state index contributed by atoms with van der Waals surface area (Å²) in [6.07, 6.45) is 0.967. The summed E-state index contributed by atoms with van der Waals surface area (Å²) in [4.78, 5) is 25.2. The van der Waals surface area contributed by atoms with Gasteiger partial charge in [-0.05, 0) is 17.4 Å². The fourth-order valence-corrected chi connectivity index (χ4v) is 2.21. The van der Waals surface area contributed by atoms with Crippen LogP contribution in [0.4, 0.5) is 10.8 Å².